The predicted octanol–water partition coefficient (Wildman–Crippen LogP) is 1.50. The monoisotopic (exact) mass is 278 g/mol. The zero-order valence-electron chi connectivity index (χ0n) is 11.0. The van der Waals surface area contributed by atoms with Crippen LogP contribution in [0.4, 0.5) is 5.69 Å². The molecule has 1 aromatic carbocycles. The second-order valence-corrected chi connectivity index (χ2v) is 6.34. The molecule has 0 spiro atoms. The molecular formula is C14H18N2O2S. The van der Waals surface area contributed by atoms with Gasteiger partial charge in [-0.3, -0.25) is 4.79 Å². The molecule has 2 aliphatic rings. The van der Waals surface area contributed by atoms with Gasteiger partial charge in [-0.25, -0.2) is 0 Å². The Morgan fingerprint density at radius 1 is 1.47 bits per heavy atom. The van der Waals surface area contributed by atoms with Crippen LogP contribution in [0.5, 0.6) is 0 Å². The van der Waals surface area contributed by atoms with Crippen molar-refractivity contribution < 1.29 is 9.53 Å². The normalized spacial score (nSPS) is 20.6. The highest BCUT2D eigenvalue weighted by atomic mass is 32.2. The van der Waals surface area contributed by atoms with Crippen LogP contribution in [0.2, 0.25) is 0 Å². The van der Waals surface area contributed by atoms with E-state index in [1.165, 1.54) is 4.90 Å². The Balaban J connectivity index is 1.67. The van der Waals surface area contributed by atoms with Crippen LogP contribution in [-0.4, -0.2) is 43.5 Å². The lowest BCUT2D eigenvalue weighted by Crippen LogP contribution is -2.59. The van der Waals surface area contributed by atoms with Gasteiger partial charge in [-0.2, -0.15) is 0 Å². The third-order valence-corrected chi connectivity index (χ3v) is 4.61. The van der Waals surface area contributed by atoms with Crippen LogP contribution in [0.3, 0.4) is 0 Å². The number of benzene rings is 1. The van der Waals surface area contributed by atoms with Crippen LogP contribution < -0.4 is 10.2 Å². The molecule has 19 heavy (non-hydrogen) atoms. The van der Waals surface area contributed by atoms with Crippen LogP contribution >= 0.6 is 11.8 Å². The first-order valence-electron chi connectivity index (χ1n) is 6.55. The molecule has 1 saturated heterocycles. The number of hydrogen-bond acceptors (Lipinski definition) is 4. The molecule has 0 aromatic heterocycles. The van der Waals surface area contributed by atoms with Crippen molar-refractivity contribution in [1.29, 1.82) is 0 Å². The summed E-state index contributed by atoms with van der Waals surface area (Å²) in [7, 11) is 0. The molecule has 4 nitrogen and oxygen atoms in total. The number of hydrogen-bond donors (Lipinski definition) is 1. The Morgan fingerprint density at radius 2 is 2.26 bits per heavy atom. The standard InChI is InChI=1S/C14H18N2O2S/c1-14(9-15-10-14)18-8-13(17)16-6-7-19-12-5-3-2-4-11(12)16/h2-5,15H,6-10H2,1H3. The van der Waals surface area contributed by atoms with Crippen molar-refractivity contribution in [2.45, 2.75) is 17.4 Å². The number of thioether (sulfide) groups is 1. The molecule has 1 amide bonds. The summed E-state index contributed by atoms with van der Waals surface area (Å²) in [6.07, 6.45) is 0. The lowest BCUT2D eigenvalue weighted by molar-refractivity contribution is -0.133. The summed E-state index contributed by atoms with van der Waals surface area (Å²) >= 11 is 1.80. The van der Waals surface area contributed by atoms with E-state index < -0.39 is 0 Å². The Kier molecular flexibility index (Phi) is 3.52. The number of ether oxygens (including phenoxy) is 1. The molecular weight excluding hydrogens is 260 g/mol. The number of carbonyl (C=O) groups is 1. The Labute approximate surface area is 117 Å². The van der Waals surface area contributed by atoms with E-state index in [0.29, 0.717) is 0 Å². The number of nitrogens with zero attached hydrogens (tertiary/aromatic N) is 1. The number of fused-ring (bicyclic) bond motifs is 1. The Hall–Kier alpha value is -1.04. The van der Waals surface area contributed by atoms with Gasteiger partial charge in [0.25, 0.3) is 5.91 Å². The fraction of sp³-hybridized carbons (Fsp3) is 0.500. The molecule has 0 radical (unpaired) electrons. The highest BCUT2D eigenvalue weighted by Gasteiger charge is 2.34. The minimum atomic E-state index is -0.167. The largest absolute Gasteiger partial charge is 0.363 e. The molecule has 1 fully saturated rings. The maximum Gasteiger partial charge on any atom is 0.253 e. The van der Waals surface area contributed by atoms with Gasteiger partial charge in [0.1, 0.15) is 6.61 Å². The molecule has 0 saturated carbocycles. The number of para-hydroxylation sites is 1. The van der Waals surface area contributed by atoms with Crippen LogP contribution in [0.1, 0.15) is 6.92 Å². The molecule has 1 N–H and O–H groups in total. The van der Waals surface area contributed by atoms with E-state index in [-0.39, 0.29) is 18.1 Å². The first-order valence-corrected chi connectivity index (χ1v) is 7.53. The van der Waals surface area contributed by atoms with Crippen molar-refractivity contribution in [3.63, 3.8) is 0 Å². The van der Waals surface area contributed by atoms with Gasteiger partial charge in [-0.15, -0.1) is 11.8 Å². The van der Waals surface area contributed by atoms with Crippen molar-refractivity contribution in [1.82, 2.24) is 5.32 Å². The van der Waals surface area contributed by atoms with E-state index in [2.05, 4.69) is 11.4 Å². The maximum absolute atomic E-state index is 12.3. The van der Waals surface area contributed by atoms with Gasteiger partial charge in [-0.1, -0.05) is 12.1 Å². The van der Waals surface area contributed by atoms with Crippen molar-refractivity contribution in [3.05, 3.63) is 24.3 Å². The Bertz CT molecular complexity index is 488. The molecule has 0 aliphatic carbocycles. The number of carbonyl (C=O) groups excluding carboxylic acids is 1. The maximum atomic E-state index is 12.3. The van der Waals surface area contributed by atoms with Gasteiger partial charge >= 0.3 is 0 Å². The average Bonchev–Trinajstić information content (AvgIpc) is 2.42. The van der Waals surface area contributed by atoms with Crippen molar-refractivity contribution in [2.75, 3.05) is 36.9 Å². The third kappa shape index (κ3) is 2.63. The number of rotatable bonds is 3. The first-order chi connectivity index (χ1) is 9.18. The summed E-state index contributed by atoms with van der Waals surface area (Å²) in [6.45, 7) is 4.62. The topological polar surface area (TPSA) is 41.6 Å². The summed E-state index contributed by atoms with van der Waals surface area (Å²) in [4.78, 5) is 15.3. The second kappa shape index (κ2) is 5.15. The van der Waals surface area contributed by atoms with Crippen LogP contribution in [0.25, 0.3) is 0 Å². The number of amides is 1. The van der Waals surface area contributed by atoms with E-state index in [1.54, 1.807) is 11.8 Å². The summed E-state index contributed by atoms with van der Waals surface area (Å²) < 4.78 is 5.73. The molecule has 2 heterocycles. The van der Waals surface area contributed by atoms with Crippen molar-refractivity contribution >= 4 is 23.4 Å². The minimum Gasteiger partial charge on any atom is -0.363 e. The molecule has 1 aromatic rings. The summed E-state index contributed by atoms with van der Waals surface area (Å²) in [6, 6.07) is 8.06. The third-order valence-electron chi connectivity index (χ3n) is 3.57. The zero-order chi connectivity index (χ0) is 13.3. The number of anilines is 1. The SMILES string of the molecule is CC1(OCC(=O)N2CCSc3ccccc32)CNC1. The molecule has 3 rings (SSSR count). The highest BCUT2D eigenvalue weighted by Crippen LogP contribution is 2.34. The van der Waals surface area contributed by atoms with Gasteiger partial charge in [0.15, 0.2) is 0 Å². The molecule has 2 aliphatic heterocycles. The van der Waals surface area contributed by atoms with Crippen LogP contribution in [0, 0.1) is 0 Å². The minimum absolute atomic E-state index is 0.0564. The average molecular weight is 278 g/mol. The van der Waals surface area contributed by atoms with Gasteiger partial charge in [-0.05, 0) is 19.1 Å². The first kappa shape index (κ1) is 13.0. The van der Waals surface area contributed by atoms with Gasteiger partial charge in [0.2, 0.25) is 0 Å². The van der Waals surface area contributed by atoms with Crippen molar-refractivity contribution in [2.24, 2.45) is 0 Å². The summed E-state index contributed by atoms with van der Waals surface area (Å²) in [5, 5.41) is 3.17. The predicted molar refractivity (Wildman–Crippen MR) is 76.7 cm³/mol. The second-order valence-electron chi connectivity index (χ2n) is 5.20. The smallest absolute Gasteiger partial charge is 0.253 e. The van der Waals surface area contributed by atoms with Gasteiger partial charge in [0.05, 0.1) is 11.3 Å². The molecule has 102 valence electrons. The fourth-order valence-corrected chi connectivity index (χ4v) is 3.32. The fourth-order valence-electron chi connectivity index (χ4n) is 2.32. The van der Waals surface area contributed by atoms with Crippen molar-refractivity contribution in [3.8, 4) is 0 Å². The van der Waals surface area contributed by atoms with E-state index in [1.807, 2.05) is 30.0 Å². The molecule has 0 unspecified atom stereocenters. The lowest BCUT2D eigenvalue weighted by Gasteiger charge is -2.39. The quantitative estimate of drug-likeness (QED) is 0.910. The summed E-state index contributed by atoms with van der Waals surface area (Å²) in [5.74, 6) is 1.00. The van der Waals surface area contributed by atoms with Gasteiger partial charge < -0.3 is 15.0 Å². The highest BCUT2D eigenvalue weighted by molar-refractivity contribution is 7.99. The van der Waals surface area contributed by atoms with E-state index in [4.69, 9.17) is 4.74 Å². The molecule has 0 bridgehead atoms. The molecule has 0 atom stereocenters. The molecule has 5 heteroatoms. The number of nitrogens with one attached hydrogen (secondary N) is 1. The van der Waals surface area contributed by atoms with E-state index in [0.717, 1.165) is 31.1 Å². The van der Waals surface area contributed by atoms with E-state index in [9.17, 15) is 4.79 Å². The summed E-state index contributed by atoms with van der Waals surface area (Å²) in [5.41, 5.74) is 0.851. The van der Waals surface area contributed by atoms with Crippen LogP contribution in [0.15, 0.2) is 29.2 Å². The lowest BCUT2D eigenvalue weighted by atomic mass is 10.0. The van der Waals surface area contributed by atoms with Gasteiger partial charge in [0, 0.05) is 30.3 Å². The zero-order valence-corrected chi connectivity index (χ0v) is 11.8. The Morgan fingerprint density at radius 3 is 3.00 bits per heavy atom. The van der Waals surface area contributed by atoms with Crippen LogP contribution in [-0.2, 0) is 9.53 Å². The van der Waals surface area contributed by atoms with E-state index >= 15 is 0 Å².